The number of benzene rings is 2. The van der Waals surface area contributed by atoms with Gasteiger partial charge in [0.25, 0.3) is 5.91 Å². The van der Waals surface area contributed by atoms with Crippen LogP contribution in [0.2, 0.25) is 0 Å². The molecule has 8 N–H and O–H groups in total. The summed E-state index contributed by atoms with van der Waals surface area (Å²) >= 11 is 0. The number of aromatic carboxylic acids is 1. The molecule has 0 spiro atoms. The summed E-state index contributed by atoms with van der Waals surface area (Å²) in [6.45, 7) is 0.503. The number of amides is 1. The van der Waals surface area contributed by atoms with Crippen LogP contribution in [0.1, 0.15) is 52.9 Å². The van der Waals surface area contributed by atoms with Crippen molar-refractivity contribution >= 4 is 34.9 Å². The predicted molar refractivity (Wildman–Crippen MR) is 156 cm³/mol. The Balaban J connectivity index is 0.00000423. The van der Waals surface area contributed by atoms with Gasteiger partial charge in [0.2, 0.25) is 5.78 Å². The lowest BCUT2D eigenvalue weighted by molar-refractivity contribution is -0.147. The Morgan fingerprint density at radius 3 is 2.30 bits per heavy atom. The van der Waals surface area contributed by atoms with E-state index in [2.05, 4.69) is 5.32 Å². The molecule has 3 aliphatic rings. The summed E-state index contributed by atoms with van der Waals surface area (Å²) in [5.41, 5.74) is 4.25. The number of aromatic hydroxyl groups is 1. The Morgan fingerprint density at radius 1 is 1.07 bits per heavy atom. The molecule has 0 saturated heterocycles. The van der Waals surface area contributed by atoms with Crippen molar-refractivity contribution in [3.8, 4) is 5.75 Å². The number of carbonyl (C=O) groups excluding carboxylic acids is 3. The third-order valence-electron chi connectivity index (χ3n) is 8.45. The summed E-state index contributed by atoms with van der Waals surface area (Å²) in [4.78, 5) is 51.1. The van der Waals surface area contributed by atoms with Gasteiger partial charge in [0.05, 0.1) is 11.1 Å². The number of hydrogen-bond acceptors (Lipinski definition) is 10. The average molecular weight is 594 g/mol. The van der Waals surface area contributed by atoms with Crippen LogP contribution >= 0.6 is 0 Å². The third kappa shape index (κ3) is 4.92. The fourth-order valence-electron chi connectivity index (χ4n) is 6.36. The van der Waals surface area contributed by atoms with Gasteiger partial charge in [-0.15, -0.1) is 0 Å². The molecule has 5 rings (SSSR count). The fourth-order valence-corrected chi connectivity index (χ4v) is 6.36. The van der Waals surface area contributed by atoms with Gasteiger partial charge in [0, 0.05) is 56.3 Å². The van der Waals surface area contributed by atoms with Crippen molar-refractivity contribution in [3.63, 3.8) is 0 Å². The number of carboxylic acid groups (broad SMARTS) is 1. The minimum Gasteiger partial charge on any atom is -0.508 e. The van der Waals surface area contributed by atoms with E-state index < -0.39 is 58.0 Å². The zero-order valence-corrected chi connectivity index (χ0v) is 23.0. The van der Waals surface area contributed by atoms with E-state index >= 15 is 0 Å². The molecule has 2 aromatic carbocycles. The van der Waals surface area contributed by atoms with Crippen LogP contribution in [0.4, 0.5) is 5.69 Å². The summed E-state index contributed by atoms with van der Waals surface area (Å²) in [5, 5.41) is 57.2. The van der Waals surface area contributed by atoms with Crippen LogP contribution in [0.15, 0.2) is 47.2 Å². The lowest BCUT2D eigenvalue weighted by atomic mass is 9.59. The minimum atomic E-state index is -2.62. The SMILES string of the molecule is C.CN(C)c1cc(CNCc2ccc(C(=O)O)cc2)c(O)c2c1CC1CC3CC(=O)C(C(N)=O)=C(O)[C@@]3(O)C(=O)C1=C2O. The molecule has 2 unspecified atom stereocenters. The smallest absolute Gasteiger partial charge is 0.335 e. The first-order valence-corrected chi connectivity index (χ1v) is 13.3. The number of phenols is 1. The van der Waals surface area contributed by atoms with E-state index in [-0.39, 0.29) is 55.7 Å². The van der Waals surface area contributed by atoms with E-state index in [1.165, 1.54) is 12.1 Å². The number of nitrogens with zero attached hydrogens (tertiary/aromatic N) is 1. The lowest BCUT2D eigenvalue weighted by Crippen LogP contribution is -2.58. The molecule has 0 bridgehead atoms. The number of nitrogens with one attached hydrogen (secondary N) is 1. The molecular weight excluding hydrogens is 558 g/mol. The normalized spacial score (nSPS) is 22.8. The average Bonchev–Trinajstić information content (AvgIpc) is 2.91. The molecule has 228 valence electrons. The number of anilines is 1. The molecule has 1 fully saturated rings. The molecule has 3 aliphatic carbocycles. The molecular formula is C31H35N3O9. The number of Topliss-reactive ketones (excluding diaryl/α,β-unsaturated/α-hetero) is 2. The van der Waals surface area contributed by atoms with Gasteiger partial charge >= 0.3 is 5.97 Å². The third-order valence-corrected chi connectivity index (χ3v) is 8.45. The van der Waals surface area contributed by atoms with E-state index in [9.17, 15) is 39.6 Å². The van der Waals surface area contributed by atoms with Crippen LogP contribution in [-0.2, 0) is 33.9 Å². The lowest BCUT2D eigenvalue weighted by Gasteiger charge is -2.46. The van der Waals surface area contributed by atoms with Crippen LogP contribution in [-0.4, -0.2) is 68.7 Å². The predicted octanol–water partition coefficient (Wildman–Crippen LogP) is 2.11. The summed E-state index contributed by atoms with van der Waals surface area (Å²) in [6.07, 6.45) is -0.114. The van der Waals surface area contributed by atoms with Crippen LogP contribution < -0.4 is 16.0 Å². The molecule has 1 amide bonds. The summed E-state index contributed by atoms with van der Waals surface area (Å²) in [7, 11) is 3.59. The second kappa shape index (κ2) is 11.2. The molecule has 43 heavy (non-hydrogen) atoms. The van der Waals surface area contributed by atoms with E-state index in [1.807, 2.05) is 4.90 Å². The van der Waals surface area contributed by atoms with Crippen molar-refractivity contribution in [2.45, 2.75) is 45.4 Å². The topological polar surface area (TPSA) is 211 Å². The number of ketones is 2. The highest BCUT2D eigenvalue weighted by Gasteiger charge is 2.60. The number of hydrogen-bond donors (Lipinski definition) is 7. The molecule has 2 aromatic rings. The highest BCUT2D eigenvalue weighted by atomic mass is 16.4. The standard InChI is InChI=1S/C30H31N3O9.CH4/c1-33(2)19-9-16(12-32-11-13-3-5-14(6-4-13)29(40)41)24(35)22-18(19)8-15-7-17-10-20(34)23(28(31)39)27(38)30(17,42)26(37)21(15)25(22)36;/h3-6,9,15,17,32,35-36,38,42H,7-8,10-12H2,1-2H3,(H2,31,39)(H,40,41);1H4/t15?,17?,30-;/m0./s1. The first kappa shape index (κ1) is 31.3. The molecule has 0 heterocycles. The highest BCUT2D eigenvalue weighted by molar-refractivity contribution is 6.22. The largest absolute Gasteiger partial charge is 0.508 e. The van der Waals surface area contributed by atoms with E-state index in [0.29, 0.717) is 23.4 Å². The number of carboxylic acids is 1. The first-order chi connectivity index (χ1) is 19.8. The Morgan fingerprint density at radius 2 is 1.72 bits per heavy atom. The molecule has 12 nitrogen and oxygen atoms in total. The maximum atomic E-state index is 13.8. The van der Waals surface area contributed by atoms with Crippen LogP contribution in [0.25, 0.3) is 5.76 Å². The van der Waals surface area contributed by atoms with Crippen molar-refractivity contribution in [1.29, 1.82) is 0 Å². The Bertz CT molecular complexity index is 1610. The number of rotatable bonds is 7. The van der Waals surface area contributed by atoms with Gasteiger partial charge in [0.15, 0.2) is 11.4 Å². The zero-order chi connectivity index (χ0) is 30.7. The maximum absolute atomic E-state index is 13.8. The number of fused-ring (bicyclic) bond motifs is 3. The second-order valence-corrected chi connectivity index (χ2v) is 11.2. The fraction of sp³-hybridized carbons (Fsp3) is 0.355. The van der Waals surface area contributed by atoms with Gasteiger partial charge in [-0.05, 0) is 48.1 Å². The number of phenolic OH excluding ortho intramolecular Hbond substituents is 1. The van der Waals surface area contributed by atoms with Crippen molar-refractivity contribution in [2.75, 3.05) is 19.0 Å². The molecule has 3 atom stereocenters. The van der Waals surface area contributed by atoms with Gasteiger partial charge in [-0.3, -0.25) is 14.4 Å². The number of aliphatic hydroxyl groups is 3. The second-order valence-electron chi connectivity index (χ2n) is 11.2. The number of carbonyl (C=O) groups is 4. The first-order valence-electron chi connectivity index (χ1n) is 13.3. The van der Waals surface area contributed by atoms with Crippen LogP contribution in [0.5, 0.6) is 5.75 Å². The van der Waals surface area contributed by atoms with Gasteiger partial charge < -0.3 is 41.5 Å². The molecule has 12 heteroatoms. The molecule has 1 saturated carbocycles. The summed E-state index contributed by atoms with van der Waals surface area (Å²) in [5.74, 6) is -7.70. The summed E-state index contributed by atoms with van der Waals surface area (Å²) in [6, 6.07) is 8.09. The summed E-state index contributed by atoms with van der Waals surface area (Å²) < 4.78 is 0. The molecule has 0 aliphatic heterocycles. The van der Waals surface area contributed by atoms with Crippen molar-refractivity contribution in [2.24, 2.45) is 17.6 Å². The number of aliphatic hydroxyl groups excluding tert-OH is 2. The highest BCUT2D eigenvalue weighted by Crippen LogP contribution is 2.53. The monoisotopic (exact) mass is 593 g/mol. The van der Waals surface area contributed by atoms with Crippen molar-refractivity contribution in [1.82, 2.24) is 5.32 Å². The van der Waals surface area contributed by atoms with Crippen molar-refractivity contribution in [3.05, 3.63) is 75.1 Å². The Labute approximate surface area is 247 Å². The zero-order valence-electron chi connectivity index (χ0n) is 23.0. The minimum absolute atomic E-state index is 0. The van der Waals surface area contributed by atoms with Crippen LogP contribution in [0.3, 0.4) is 0 Å². The molecule has 0 radical (unpaired) electrons. The number of nitrogens with two attached hydrogens (primary N) is 1. The van der Waals surface area contributed by atoms with Gasteiger partial charge in [-0.25, -0.2) is 4.79 Å². The maximum Gasteiger partial charge on any atom is 0.335 e. The Hall–Kier alpha value is -4.68. The van der Waals surface area contributed by atoms with Gasteiger partial charge in [0.1, 0.15) is 22.8 Å². The van der Waals surface area contributed by atoms with Gasteiger partial charge in [-0.1, -0.05) is 19.6 Å². The van der Waals surface area contributed by atoms with Crippen LogP contribution in [0, 0.1) is 11.8 Å². The quantitative estimate of drug-likeness (QED) is 0.231. The van der Waals surface area contributed by atoms with Gasteiger partial charge in [-0.2, -0.15) is 0 Å². The van der Waals surface area contributed by atoms with Crippen molar-refractivity contribution < 1.29 is 44.7 Å². The van der Waals surface area contributed by atoms with E-state index in [0.717, 1.165) is 5.56 Å². The van der Waals surface area contributed by atoms with E-state index in [1.54, 1.807) is 32.3 Å². The van der Waals surface area contributed by atoms with E-state index in [4.69, 9.17) is 10.8 Å². The Kier molecular flexibility index (Phi) is 8.14. The molecule has 0 aromatic heterocycles. The number of primary amides is 1.